The number of aryl methyl sites for hydroxylation is 1. The molecule has 0 atom stereocenters. The Morgan fingerprint density at radius 2 is 2.11 bits per heavy atom. The lowest BCUT2D eigenvalue weighted by Crippen LogP contribution is -2.15. The molecule has 0 saturated heterocycles. The maximum absolute atomic E-state index is 8.82. The summed E-state index contributed by atoms with van der Waals surface area (Å²) in [6.07, 6.45) is 0. The summed E-state index contributed by atoms with van der Waals surface area (Å²) in [4.78, 5) is 2.02. The van der Waals surface area contributed by atoms with Crippen LogP contribution in [0.15, 0.2) is 34.7 Å². The first-order chi connectivity index (χ1) is 8.60. The maximum atomic E-state index is 8.82. The number of hydrogen-bond acceptors (Lipinski definition) is 3. The summed E-state index contributed by atoms with van der Waals surface area (Å²) < 4.78 is 5.52. The van der Waals surface area contributed by atoms with Crippen LogP contribution in [0.4, 0.5) is 5.69 Å². The van der Waals surface area contributed by atoms with Gasteiger partial charge in [-0.2, -0.15) is 5.26 Å². The van der Waals surface area contributed by atoms with Crippen molar-refractivity contribution >= 4 is 17.3 Å². The SMILES string of the molecule is Cc1ccc(CN(C)c2ccc(C#N)c(Cl)c2)o1. The van der Waals surface area contributed by atoms with Crippen LogP contribution in [0, 0.1) is 18.3 Å². The second kappa shape index (κ2) is 5.16. The second-order valence-electron chi connectivity index (χ2n) is 4.14. The number of nitriles is 1. The summed E-state index contributed by atoms with van der Waals surface area (Å²) in [6.45, 7) is 2.58. The summed E-state index contributed by atoms with van der Waals surface area (Å²) in [5.74, 6) is 1.80. The number of nitrogens with zero attached hydrogens (tertiary/aromatic N) is 2. The molecule has 3 nitrogen and oxygen atoms in total. The van der Waals surface area contributed by atoms with Crippen molar-refractivity contribution in [2.24, 2.45) is 0 Å². The monoisotopic (exact) mass is 260 g/mol. The van der Waals surface area contributed by atoms with Crippen molar-refractivity contribution in [1.82, 2.24) is 0 Å². The standard InChI is InChI=1S/C14H13ClN2O/c1-10-3-6-13(18-10)9-17(2)12-5-4-11(8-16)14(15)7-12/h3-7H,9H2,1-2H3. The Labute approximate surface area is 111 Å². The molecule has 0 unspecified atom stereocenters. The van der Waals surface area contributed by atoms with Crippen LogP contribution in [0.2, 0.25) is 5.02 Å². The molecular formula is C14H13ClN2O. The summed E-state index contributed by atoms with van der Waals surface area (Å²) in [5.41, 5.74) is 1.44. The Morgan fingerprint density at radius 1 is 1.33 bits per heavy atom. The van der Waals surface area contributed by atoms with Crippen molar-refractivity contribution in [1.29, 1.82) is 5.26 Å². The number of halogens is 1. The van der Waals surface area contributed by atoms with E-state index in [1.165, 1.54) is 0 Å². The van der Waals surface area contributed by atoms with Crippen molar-refractivity contribution in [3.63, 3.8) is 0 Å². The average molecular weight is 261 g/mol. The summed E-state index contributed by atoms with van der Waals surface area (Å²) >= 11 is 6.01. The van der Waals surface area contributed by atoms with E-state index >= 15 is 0 Å². The Balaban J connectivity index is 2.16. The lowest BCUT2D eigenvalue weighted by atomic mass is 10.2. The third-order valence-electron chi connectivity index (χ3n) is 2.70. The third kappa shape index (κ3) is 2.66. The largest absolute Gasteiger partial charge is 0.464 e. The lowest BCUT2D eigenvalue weighted by molar-refractivity contribution is 0.482. The van der Waals surface area contributed by atoms with Gasteiger partial charge >= 0.3 is 0 Å². The van der Waals surface area contributed by atoms with Gasteiger partial charge in [0.15, 0.2) is 0 Å². The molecule has 1 aromatic carbocycles. The number of furan rings is 1. The van der Waals surface area contributed by atoms with Gasteiger partial charge in [0.1, 0.15) is 17.6 Å². The summed E-state index contributed by atoms with van der Waals surface area (Å²) in [7, 11) is 1.95. The molecule has 0 spiro atoms. The van der Waals surface area contributed by atoms with Crippen LogP contribution in [0.5, 0.6) is 0 Å². The zero-order valence-corrected chi connectivity index (χ0v) is 11.0. The van der Waals surface area contributed by atoms with Gasteiger partial charge in [-0.15, -0.1) is 0 Å². The second-order valence-corrected chi connectivity index (χ2v) is 4.55. The van der Waals surface area contributed by atoms with Crippen LogP contribution in [0.3, 0.4) is 0 Å². The van der Waals surface area contributed by atoms with Crippen molar-refractivity contribution in [2.75, 3.05) is 11.9 Å². The molecule has 0 amide bonds. The molecule has 0 N–H and O–H groups in total. The van der Waals surface area contributed by atoms with Gasteiger partial charge in [-0.1, -0.05) is 11.6 Å². The van der Waals surface area contributed by atoms with Crippen LogP contribution in [-0.2, 0) is 6.54 Å². The zero-order chi connectivity index (χ0) is 13.1. The van der Waals surface area contributed by atoms with Gasteiger partial charge in [0.25, 0.3) is 0 Å². The van der Waals surface area contributed by atoms with Crippen molar-refractivity contribution in [3.8, 4) is 6.07 Å². The molecule has 0 radical (unpaired) electrons. The highest BCUT2D eigenvalue weighted by Crippen LogP contribution is 2.23. The van der Waals surface area contributed by atoms with Crippen molar-refractivity contribution in [3.05, 3.63) is 52.4 Å². The minimum atomic E-state index is 0.470. The first kappa shape index (κ1) is 12.5. The lowest BCUT2D eigenvalue weighted by Gasteiger charge is -2.18. The Morgan fingerprint density at radius 3 is 2.67 bits per heavy atom. The fourth-order valence-electron chi connectivity index (χ4n) is 1.73. The van der Waals surface area contributed by atoms with E-state index in [0.29, 0.717) is 17.1 Å². The first-order valence-corrected chi connectivity index (χ1v) is 5.94. The zero-order valence-electron chi connectivity index (χ0n) is 10.3. The summed E-state index contributed by atoms with van der Waals surface area (Å²) in [6, 6.07) is 11.3. The highest BCUT2D eigenvalue weighted by molar-refractivity contribution is 6.32. The van der Waals surface area contributed by atoms with Gasteiger partial charge in [0.05, 0.1) is 17.1 Å². The predicted octanol–water partition coefficient (Wildman–Crippen LogP) is 3.75. The molecule has 0 bridgehead atoms. The van der Waals surface area contributed by atoms with Gasteiger partial charge in [-0.05, 0) is 37.3 Å². The van der Waals surface area contributed by atoms with E-state index in [1.807, 2.05) is 43.1 Å². The molecule has 92 valence electrons. The van der Waals surface area contributed by atoms with Crippen LogP contribution < -0.4 is 4.90 Å². The van der Waals surface area contributed by atoms with E-state index in [0.717, 1.165) is 17.2 Å². The van der Waals surface area contributed by atoms with E-state index in [9.17, 15) is 0 Å². The molecule has 0 aliphatic carbocycles. The Hall–Kier alpha value is -1.92. The van der Waals surface area contributed by atoms with Gasteiger partial charge in [0.2, 0.25) is 0 Å². The highest BCUT2D eigenvalue weighted by Gasteiger charge is 2.07. The van der Waals surface area contributed by atoms with Gasteiger partial charge in [0, 0.05) is 12.7 Å². The molecule has 2 rings (SSSR count). The molecule has 2 aromatic rings. The predicted molar refractivity (Wildman–Crippen MR) is 71.7 cm³/mol. The van der Waals surface area contributed by atoms with E-state index in [1.54, 1.807) is 12.1 Å². The first-order valence-electron chi connectivity index (χ1n) is 5.56. The van der Waals surface area contributed by atoms with Crippen LogP contribution >= 0.6 is 11.6 Å². The van der Waals surface area contributed by atoms with E-state index in [2.05, 4.69) is 0 Å². The maximum Gasteiger partial charge on any atom is 0.123 e. The summed E-state index contributed by atoms with van der Waals surface area (Å²) in [5, 5.41) is 9.29. The van der Waals surface area contributed by atoms with Crippen LogP contribution in [-0.4, -0.2) is 7.05 Å². The molecule has 1 aromatic heterocycles. The molecule has 0 fully saturated rings. The molecule has 0 aliphatic heterocycles. The molecule has 1 heterocycles. The van der Waals surface area contributed by atoms with Crippen molar-refractivity contribution < 1.29 is 4.42 Å². The average Bonchev–Trinajstić information content (AvgIpc) is 2.74. The topological polar surface area (TPSA) is 40.2 Å². The quantitative estimate of drug-likeness (QED) is 0.844. The highest BCUT2D eigenvalue weighted by atomic mass is 35.5. The number of rotatable bonds is 3. The molecule has 18 heavy (non-hydrogen) atoms. The minimum absolute atomic E-state index is 0.470. The number of benzene rings is 1. The molecule has 4 heteroatoms. The van der Waals surface area contributed by atoms with Crippen LogP contribution in [0.1, 0.15) is 17.1 Å². The third-order valence-corrected chi connectivity index (χ3v) is 3.02. The van der Waals surface area contributed by atoms with Gasteiger partial charge in [-0.3, -0.25) is 0 Å². The Bertz CT molecular complexity index is 598. The van der Waals surface area contributed by atoms with Gasteiger partial charge in [-0.25, -0.2) is 0 Å². The normalized spacial score (nSPS) is 10.1. The fraction of sp³-hybridized carbons (Fsp3) is 0.214. The fourth-order valence-corrected chi connectivity index (χ4v) is 1.94. The van der Waals surface area contributed by atoms with E-state index in [-0.39, 0.29) is 0 Å². The van der Waals surface area contributed by atoms with Crippen molar-refractivity contribution in [2.45, 2.75) is 13.5 Å². The Kier molecular flexibility index (Phi) is 3.59. The number of anilines is 1. The van der Waals surface area contributed by atoms with E-state index < -0.39 is 0 Å². The molecular weight excluding hydrogens is 248 g/mol. The number of hydrogen-bond donors (Lipinski definition) is 0. The molecule has 0 saturated carbocycles. The smallest absolute Gasteiger partial charge is 0.123 e. The van der Waals surface area contributed by atoms with E-state index in [4.69, 9.17) is 21.3 Å². The molecule has 0 aliphatic rings. The minimum Gasteiger partial charge on any atom is -0.464 e. The van der Waals surface area contributed by atoms with Gasteiger partial charge < -0.3 is 9.32 Å². The van der Waals surface area contributed by atoms with Crippen LogP contribution in [0.25, 0.3) is 0 Å².